The molecule has 1 aromatic carbocycles. The van der Waals surface area contributed by atoms with Crippen LogP contribution in [0.2, 0.25) is 0 Å². The Balaban J connectivity index is 2.24. The van der Waals surface area contributed by atoms with Crippen LogP contribution < -0.4 is 10.1 Å². The molecule has 0 saturated carbocycles. The molecule has 0 aliphatic heterocycles. The second-order valence-corrected chi connectivity index (χ2v) is 5.29. The van der Waals surface area contributed by atoms with Crippen LogP contribution in [-0.2, 0) is 4.79 Å². The summed E-state index contributed by atoms with van der Waals surface area (Å²) in [5.41, 5.74) is 3.45. The van der Waals surface area contributed by atoms with E-state index in [-0.39, 0.29) is 0 Å². The molecule has 6 heteroatoms. The van der Waals surface area contributed by atoms with Crippen molar-refractivity contribution in [3.05, 3.63) is 42.0 Å². The van der Waals surface area contributed by atoms with E-state index in [0.29, 0.717) is 13.0 Å². The lowest BCUT2D eigenvalue weighted by atomic mass is 10.1. The molecule has 0 aliphatic carbocycles. The number of hydrogen-bond donors (Lipinski definition) is 1. The van der Waals surface area contributed by atoms with Gasteiger partial charge in [0.15, 0.2) is 0 Å². The molecule has 0 radical (unpaired) electrons. The van der Waals surface area contributed by atoms with Gasteiger partial charge in [-0.3, -0.25) is 9.36 Å². The fourth-order valence-electron chi connectivity index (χ4n) is 2.56. The van der Waals surface area contributed by atoms with Gasteiger partial charge in [0.25, 0.3) is 0 Å². The number of imidazole rings is 1. The molecular formula is C17H18N4O2. The van der Waals surface area contributed by atoms with E-state index in [0.717, 1.165) is 39.4 Å². The molecule has 1 amide bonds. The van der Waals surface area contributed by atoms with Crippen LogP contribution >= 0.6 is 0 Å². The largest absolute Gasteiger partial charge is 0.493 e. The molecule has 0 atom stereocenters. The molecule has 0 saturated heterocycles. The van der Waals surface area contributed by atoms with Crippen molar-refractivity contribution in [3.63, 3.8) is 0 Å². The number of carbonyl (C=O) groups excluding carboxylic acids is 1. The molecule has 0 aliphatic rings. The highest BCUT2D eigenvalue weighted by Crippen LogP contribution is 2.31. The van der Waals surface area contributed by atoms with Crippen molar-refractivity contribution in [2.24, 2.45) is 0 Å². The van der Waals surface area contributed by atoms with Crippen molar-refractivity contribution in [1.82, 2.24) is 14.5 Å². The van der Waals surface area contributed by atoms with Gasteiger partial charge in [-0.15, -0.1) is 0 Å². The monoisotopic (exact) mass is 310 g/mol. The van der Waals surface area contributed by atoms with Crippen LogP contribution in [0, 0.1) is 13.8 Å². The summed E-state index contributed by atoms with van der Waals surface area (Å²) in [5.74, 6) is 1.48. The number of carbonyl (C=O) groups is 1. The van der Waals surface area contributed by atoms with Crippen molar-refractivity contribution in [3.8, 4) is 11.6 Å². The number of hydrogen-bond acceptors (Lipinski definition) is 4. The number of anilines is 1. The fourth-order valence-corrected chi connectivity index (χ4v) is 2.56. The number of pyridine rings is 1. The number of fused-ring (bicyclic) bond motifs is 1. The third kappa shape index (κ3) is 2.88. The number of amides is 1. The molecule has 0 fully saturated rings. The van der Waals surface area contributed by atoms with Crippen LogP contribution in [0.15, 0.2) is 30.7 Å². The van der Waals surface area contributed by atoms with Gasteiger partial charge in [0, 0.05) is 23.3 Å². The van der Waals surface area contributed by atoms with Gasteiger partial charge in [0.1, 0.15) is 17.9 Å². The zero-order chi connectivity index (χ0) is 16.4. The van der Waals surface area contributed by atoms with E-state index in [2.05, 4.69) is 10.3 Å². The van der Waals surface area contributed by atoms with Crippen molar-refractivity contribution in [2.45, 2.75) is 20.8 Å². The van der Waals surface area contributed by atoms with E-state index in [1.165, 1.54) is 0 Å². The zero-order valence-electron chi connectivity index (χ0n) is 13.3. The van der Waals surface area contributed by atoms with E-state index < -0.39 is 0 Å². The maximum atomic E-state index is 10.7. The third-order valence-corrected chi connectivity index (χ3v) is 3.55. The molecule has 2 heterocycles. The van der Waals surface area contributed by atoms with Gasteiger partial charge in [0.05, 0.1) is 17.8 Å². The first-order valence-corrected chi connectivity index (χ1v) is 7.41. The van der Waals surface area contributed by atoms with E-state index in [4.69, 9.17) is 9.72 Å². The lowest BCUT2D eigenvalue weighted by Gasteiger charge is -2.13. The van der Waals surface area contributed by atoms with Gasteiger partial charge >= 0.3 is 0 Å². The second-order valence-electron chi connectivity index (χ2n) is 5.29. The van der Waals surface area contributed by atoms with Crippen LogP contribution in [0.5, 0.6) is 5.75 Å². The number of ether oxygens (including phenoxy) is 1. The zero-order valence-corrected chi connectivity index (χ0v) is 13.3. The first-order chi connectivity index (χ1) is 11.1. The summed E-state index contributed by atoms with van der Waals surface area (Å²) in [6.45, 7) is 6.38. The van der Waals surface area contributed by atoms with E-state index in [1.54, 1.807) is 6.33 Å². The molecule has 3 aromatic rings. The molecule has 2 aromatic heterocycles. The Hall–Kier alpha value is -2.89. The van der Waals surface area contributed by atoms with Crippen LogP contribution in [0.3, 0.4) is 0 Å². The number of benzene rings is 1. The lowest BCUT2D eigenvalue weighted by molar-refractivity contribution is -0.105. The normalized spacial score (nSPS) is 10.7. The SMILES string of the molecule is CCOc1cc(-n2cnc(C)c2)nc2c(C)cc(NC=O)cc12. The second kappa shape index (κ2) is 6.08. The Bertz CT molecular complexity index is 870. The fraction of sp³-hybridized carbons (Fsp3) is 0.235. The highest BCUT2D eigenvalue weighted by atomic mass is 16.5. The molecule has 118 valence electrons. The summed E-state index contributed by atoms with van der Waals surface area (Å²) in [6.07, 6.45) is 4.31. The minimum atomic E-state index is 0.548. The minimum absolute atomic E-state index is 0.548. The Kier molecular flexibility index (Phi) is 3.97. The quantitative estimate of drug-likeness (QED) is 0.736. The molecule has 6 nitrogen and oxygen atoms in total. The molecular weight excluding hydrogens is 292 g/mol. The number of aryl methyl sites for hydroxylation is 2. The highest BCUT2D eigenvalue weighted by Gasteiger charge is 2.12. The van der Waals surface area contributed by atoms with Gasteiger partial charge in [-0.1, -0.05) is 0 Å². The molecule has 0 unspecified atom stereocenters. The van der Waals surface area contributed by atoms with Gasteiger partial charge in [0.2, 0.25) is 6.41 Å². The van der Waals surface area contributed by atoms with Gasteiger partial charge in [-0.05, 0) is 38.5 Å². The molecule has 0 bridgehead atoms. The summed E-state index contributed by atoms with van der Waals surface area (Å²) >= 11 is 0. The van der Waals surface area contributed by atoms with E-state index in [9.17, 15) is 4.79 Å². The summed E-state index contributed by atoms with van der Waals surface area (Å²) in [6, 6.07) is 5.65. The Morgan fingerprint density at radius 2 is 2.13 bits per heavy atom. The Labute approximate surface area is 134 Å². The Morgan fingerprint density at radius 3 is 2.78 bits per heavy atom. The first kappa shape index (κ1) is 15.0. The van der Waals surface area contributed by atoms with Crippen molar-refractivity contribution in [1.29, 1.82) is 0 Å². The summed E-state index contributed by atoms with van der Waals surface area (Å²) in [7, 11) is 0. The molecule has 1 N–H and O–H groups in total. The first-order valence-electron chi connectivity index (χ1n) is 7.41. The van der Waals surface area contributed by atoms with Gasteiger partial charge < -0.3 is 10.1 Å². The van der Waals surface area contributed by atoms with Gasteiger partial charge in [-0.25, -0.2) is 9.97 Å². The maximum absolute atomic E-state index is 10.7. The average molecular weight is 310 g/mol. The molecule has 3 rings (SSSR count). The van der Waals surface area contributed by atoms with Gasteiger partial charge in [-0.2, -0.15) is 0 Å². The number of nitrogens with one attached hydrogen (secondary N) is 1. The van der Waals surface area contributed by atoms with Crippen molar-refractivity contribution in [2.75, 3.05) is 11.9 Å². The summed E-state index contributed by atoms with van der Waals surface area (Å²) in [5, 5.41) is 3.55. The van der Waals surface area contributed by atoms with Crippen LogP contribution in [0.4, 0.5) is 5.69 Å². The highest BCUT2D eigenvalue weighted by molar-refractivity contribution is 5.93. The predicted octanol–water partition coefficient (Wildman–Crippen LogP) is 3.00. The number of nitrogens with zero attached hydrogens (tertiary/aromatic N) is 3. The van der Waals surface area contributed by atoms with Crippen LogP contribution in [0.25, 0.3) is 16.7 Å². The van der Waals surface area contributed by atoms with Crippen molar-refractivity contribution < 1.29 is 9.53 Å². The minimum Gasteiger partial charge on any atom is -0.493 e. The lowest BCUT2D eigenvalue weighted by Crippen LogP contribution is -2.02. The smallest absolute Gasteiger partial charge is 0.211 e. The molecule has 23 heavy (non-hydrogen) atoms. The summed E-state index contributed by atoms with van der Waals surface area (Å²) in [4.78, 5) is 19.7. The number of rotatable bonds is 5. The van der Waals surface area contributed by atoms with Crippen LogP contribution in [0.1, 0.15) is 18.2 Å². The standard InChI is InChI=1S/C17H18N4O2/c1-4-23-15-7-16(21-8-12(3)18-9-21)20-17-11(2)5-13(19-10-22)6-14(15)17/h5-10H,4H2,1-3H3,(H,19,22). The van der Waals surface area contributed by atoms with E-state index >= 15 is 0 Å². The number of aromatic nitrogens is 3. The van der Waals surface area contributed by atoms with Crippen molar-refractivity contribution >= 4 is 23.0 Å². The molecule has 0 spiro atoms. The summed E-state index contributed by atoms with van der Waals surface area (Å²) < 4.78 is 7.66. The van der Waals surface area contributed by atoms with Crippen LogP contribution in [-0.4, -0.2) is 27.6 Å². The maximum Gasteiger partial charge on any atom is 0.211 e. The Morgan fingerprint density at radius 1 is 1.30 bits per heavy atom. The topological polar surface area (TPSA) is 69.0 Å². The predicted molar refractivity (Wildman–Crippen MR) is 89.2 cm³/mol. The van der Waals surface area contributed by atoms with E-state index in [1.807, 2.05) is 49.7 Å². The third-order valence-electron chi connectivity index (χ3n) is 3.55. The average Bonchev–Trinajstić information content (AvgIpc) is 2.95.